The van der Waals surface area contributed by atoms with Gasteiger partial charge < -0.3 is 15.2 Å². The topological polar surface area (TPSA) is 41.5 Å². The summed E-state index contributed by atoms with van der Waals surface area (Å²) in [6, 6.07) is 16.6. The first-order chi connectivity index (χ1) is 11.2. The number of halogens is 1. The fourth-order valence-electron chi connectivity index (χ4n) is 2.74. The van der Waals surface area contributed by atoms with Gasteiger partial charge in [-0.2, -0.15) is 0 Å². The van der Waals surface area contributed by atoms with Crippen LogP contribution < -0.4 is 5.32 Å². The number of benzene rings is 2. The Bertz CT molecular complexity index is 628. The minimum absolute atomic E-state index is 0.178. The number of hydrogen-bond donors (Lipinski definition) is 2. The van der Waals surface area contributed by atoms with Gasteiger partial charge in [0.15, 0.2) is 0 Å². The molecule has 3 nitrogen and oxygen atoms in total. The van der Waals surface area contributed by atoms with Crippen LogP contribution in [-0.4, -0.2) is 24.4 Å². The van der Waals surface area contributed by atoms with Crippen molar-refractivity contribution in [3.8, 4) is 0 Å². The average Bonchev–Trinajstić information content (AvgIpc) is 3.35. The van der Waals surface area contributed by atoms with Gasteiger partial charge in [0.2, 0.25) is 0 Å². The van der Waals surface area contributed by atoms with E-state index in [9.17, 15) is 9.50 Å². The van der Waals surface area contributed by atoms with E-state index in [4.69, 9.17) is 4.74 Å². The molecule has 1 aliphatic rings. The summed E-state index contributed by atoms with van der Waals surface area (Å²) < 4.78 is 18.9. The Labute approximate surface area is 136 Å². The molecule has 1 fully saturated rings. The zero-order valence-corrected chi connectivity index (χ0v) is 13.0. The first kappa shape index (κ1) is 16.1. The molecule has 23 heavy (non-hydrogen) atoms. The third-order valence-corrected chi connectivity index (χ3v) is 4.23. The second-order valence-electron chi connectivity index (χ2n) is 6.13. The molecular weight excluding hydrogens is 293 g/mol. The summed E-state index contributed by atoms with van der Waals surface area (Å²) in [5.41, 5.74) is 1.86. The first-order valence-corrected chi connectivity index (χ1v) is 7.99. The van der Waals surface area contributed by atoms with Gasteiger partial charge in [-0.3, -0.25) is 0 Å². The van der Waals surface area contributed by atoms with Crippen molar-refractivity contribution in [1.82, 2.24) is 5.32 Å². The molecule has 2 N–H and O–H groups in total. The fraction of sp³-hybridized carbons (Fsp3) is 0.368. The van der Waals surface area contributed by atoms with E-state index in [1.807, 2.05) is 36.4 Å². The van der Waals surface area contributed by atoms with Crippen molar-refractivity contribution in [2.75, 3.05) is 13.2 Å². The number of rotatable bonds is 8. The van der Waals surface area contributed by atoms with Crippen LogP contribution in [0.1, 0.15) is 24.0 Å². The van der Waals surface area contributed by atoms with Crippen LogP contribution in [-0.2, 0) is 16.9 Å². The molecule has 4 heteroatoms. The maximum absolute atomic E-state index is 13.4. The Balaban J connectivity index is 1.43. The monoisotopic (exact) mass is 315 g/mol. The van der Waals surface area contributed by atoms with Crippen LogP contribution in [0.2, 0.25) is 0 Å². The second kappa shape index (κ2) is 7.21. The number of aliphatic hydroxyl groups excluding tert-OH is 1. The molecule has 1 aliphatic carbocycles. The number of hydrogen-bond acceptors (Lipinski definition) is 3. The molecule has 0 spiro atoms. The van der Waals surface area contributed by atoms with Gasteiger partial charge in [-0.25, -0.2) is 4.39 Å². The molecule has 0 aromatic heterocycles. The Morgan fingerprint density at radius 3 is 2.61 bits per heavy atom. The zero-order valence-electron chi connectivity index (χ0n) is 13.0. The first-order valence-electron chi connectivity index (χ1n) is 7.99. The quantitative estimate of drug-likeness (QED) is 0.787. The van der Waals surface area contributed by atoms with Crippen LogP contribution in [0.15, 0.2) is 54.6 Å². The highest BCUT2D eigenvalue weighted by atomic mass is 19.1. The van der Waals surface area contributed by atoms with Gasteiger partial charge in [0.1, 0.15) is 5.82 Å². The summed E-state index contributed by atoms with van der Waals surface area (Å²) in [7, 11) is 0. The van der Waals surface area contributed by atoms with Crippen LogP contribution >= 0.6 is 0 Å². The third kappa shape index (κ3) is 4.38. The molecule has 1 unspecified atom stereocenters. The van der Waals surface area contributed by atoms with Gasteiger partial charge in [-0.15, -0.1) is 0 Å². The molecule has 2 aromatic rings. The van der Waals surface area contributed by atoms with Gasteiger partial charge in [-0.05, 0) is 36.1 Å². The molecule has 2 aromatic carbocycles. The highest BCUT2D eigenvalue weighted by Crippen LogP contribution is 2.45. The number of aliphatic hydroxyl groups is 1. The Hall–Kier alpha value is -1.75. The van der Waals surface area contributed by atoms with E-state index >= 15 is 0 Å². The average molecular weight is 315 g/mol. The SMILES string of the molecule is OC(CNC1(c2cccc(F)c2)CC1)COCc1ccccc1. The van der Waals surface area contributed by atoms with E-state index in [0.29, 0.717) is 13.2 Å². The van der Waals surface area contributed by atoms with Gasteiger partial charge in [0.05, 0.1) is 19.3 Å². The molecule has 1 atom stereocenters. The smallest absolute Gasteiger partial charge is 0.123 e. The second-order valence-corrected chi connectivity index (χ2v) is 6.13. The van der Waals surface area contributed by atoms with Crippen molar-refractivity contribution in [3.63, 3.8) is 0 Å². The standard InChI is InChI=1S/C19H22FNO2/c20-17-8-4-7-16(11-17)19(9-10-19)21-12-18(22)14-23-13-15-5-2-1-3-6-15/h1-8,11,18,21-22H,9-10,12-14H2. The zero-order chi connectivity index (χ0) is 16.1. The molecule has 0 radical (unpaired) electrons. The van der Waals surface area contributed by atoms with Crippen LogP contribution in [0.5, 0.6) is 0 Å². The van der Waals surface area contributed by atoms with Crippen LogP contribution in [0.4, 0.5) is 4.39 Å². The van der Waals surface area contributed by atoms with Crippen LogP contribution in [0, 0.1) is 5.82 Å². The summed E-state index contributed by atoms with van der Waals surface area (Å²) in [4.78, 5) is 0. The summed E-state index contributed by atoms with van der Waals surface area (Å²) >= 11 is 0. The van der Waals surface area contributed by atoms with Crippen molar-refractivity contribution >= 4 is 0 Å². The van der Waals surface area contributed by atoms with Crippen LogP contribution in [0.3, 0.4) is 0 Å². The Morgan fingerprint density at radius 2 is 1.91 bits per heavy atom. The lowest BCUT2D eigenvalue weighted by molar-refractivity contribution is 0.0270. The fourth-order valence-corrected chi connectivity index (χ4v) is 2.74. The Morgan fingerprint density at radius 1 is 1.13 bits per heavy atom. The van der Waals surface area contributed by atoms with E-state index < -0.39 is 6.10 Å². The predicted octanol–water partition coefficient (Wildman–Crippen LogP) is 2.98. The van der Waals surface area contributed by atoms with Gasteiger partial charge in [0, 0.05) is 12.1 Å². The molecule has 0 heterocycles. The largest absolute Gasteiger partial charge is 0.389 e. The lowest BCUT2D eigenvalue weighted by atomic mass is 10.0. The van der Waals surface area contributed by atoms with Crippen molar-refractivity contribution < 1.29 is 14.2 Å². The predicted molar refractivity (Wildman–Crippen MR) is 87.4 cm³/mol. The Kier molecular flexibility index (Phi) is 5.06. The van der Waals surface area contributed by atoms with Crippen molar-refractivity contribution in [2.24, 2.45) is 0 Å². The maximum atomic E-state index is 13.4. The van der Waals surface area contributed by atoms with E-state index in [0.717, 1.165) is 24.0 Å². The van der Waals surface area contributed by atoms with E-state index in [1.54, 1.807) is 12.1 Å². The van der Waals surface area contributed by atoms with Gasteiger partial charge in [-0.1, -0.05) is 42.5 Å². The van der Waals surface area contributed by atoms with Crippen LogP contribution in [0.25, 0.3) is 0 Å². The van der Waals surface area contributed by atoms with E-state index in [1.165, 1.54) is 6.07 Å². The molecule has 0 aliphatic heterocycles. The molecule has 0 bridgehead atoms. The number of ether oxygens (including phenoxy) is 1. The molecular formula is C19H22FNO2. The van der Waals surface area contributed by atoms with E-state index in [2.05, 4.69) is 5.32 Å². The number of nitrogens with one attached hydrogen (secondary N) is 1. The molecule has 0 saturated heterocycles. The molecule has 3 rings (SSSR count). The highest BCUT2D eigenvalue weighted by Gasteiger charge is 2.44. The summed E-state index contributed by atoms with van der Waals surface area (Å²) in [5.74, 6) is -0.220. The lowest BCUT2D eigenvalue weighted by Gasteiger charge is -2.20. The van der Waals surface area contributed by atoms with E-state index in [-0.39, 0.29) is 18.0 Å². The maximum Gasteiger partial charge on any atom is 0.123 e. The molecule has 122 valence electrons. The highest BCUT2D eigenvalue weighted by molar-refractivity contribution is 5.30. The van der Waals surface area contributed by atoms with Crippen molar-refractivity contribution in [1.29, 1.82) is 0 Å². The van der Waals surface area contributed by atoms with Gasteiger partial charge >= 0.3 is 0 Å². The minimum Gasteiger partial charge on any atom is -0.389 e. The summed E-state index contributed by atoms with van der Waals surface area (Å²) in [5, 5.41) is 13.4. The minimum atomic E-state index is -0.579. The van der Waals surface area contributed by atoms with Crippen molar-refractivity contribution in [2.45, 2.75) is 31.1 Å². The summed E-state index contributed by atoms with van der Waals surface area (Å²) in [6.07, 6.45) is 1.35. The third-order valence-electron chi connectivity index (χ3n) is 4.23. The van der Waals surface area contributed by atoms with Crippen molar-refractivity contribution in [3.05, 3.63) is 71.5 Å². The molecule has 1 saturated carbocycles. The lowest BCUT2D eigenvalue weighted by Crippen LogP contribution is -2.37. The molecule has 0 amide bonds. The van der Waals surface area contributed by atoms with Gasteiger partial charge in [0.25, 0.3) is 0 Å². The summed E-state index contributed by atoms with van der Waals surface area (Å²) in [6.45, 7) is 1.21. The normalized spacial score (nSPS) is 17.0.